The van der Waals surface area contributed by atoms with Gasteiger partial charge in [-0.25, -0.2) is 4.99 Å². The maximum absolute atomic E-state index is 5.04. The Labute approximate surface area is 213 Å². The SMILES string of the molecule is CCN(CC)C1=CCC2=Nc3ccc(N=Nc4ccc(N(C)C)cc4)cc3N(c3ccccc3)C2=C1. The van der Waals surface area contributed by atoms with E-state index in [9.17, 15) is 0 Å². The first-order chi connectivity index (χ1) is 17.6. The Balaban J connectivity index is 1.54. The summed E-state index contributed by atoms with van der Waals surface area (Å²) < 4.78 is 0. The molecule has 0 saturated carbocycles. The third kappa shape index (κ3) is 4.67. The van der Waals surface area contributed by atoms with Crippen LogP contribution in [-0.4, -0.2) is 37.8 Å². The molecular weight excluding hydrogens is 444 g/mol. The molecule has 0 unspecified atom stereocenters. The second-order valence-electron chi connectivity index (χ2n) is 9.05. The Morgan fingerprint density at radius 3 is 2.25 bits per heavy atom. The number of fused-ring (bicyclic) bond motifs is 2. The number of anilines is 3. The van der Waals surface area contributed by atoms with Gasteiger partial charge in [0.1, 0.15) is 0 Å². The van der Waals surface area contributed by atoms with Crippen LogP contribution in [0.3, 0.4) is 0 Å². The van der Waals surface area contributed by atoms with Crippen molar-refractivity contribution in [1.29, 1.82) is 0 Å². The zero-order valence-electron chi connectivity index (χ0n) is 21.4. The van der Waals surface area contributed by atoms with Gasteiger partial charge in [0.05, 0.1) is 34.2 Å². The van der Waals surface area contributed by atoms with E-state index in [0.717, 1.165) is 65.0 Å². The molecule has 5 rings (SSSR count). The van der Waals surface area contributed by atoms with Crippen molar-refractivity contribution in [2.24, 2.45) is 15.2 Å². The highest BCUT2D eigenvalue weighted by Crippen LogP contribution is 2.45. The van der Waals surface area contributed by atoms with Gasteiger partial charge in [-0.05, 0) is 74.5 Å². The third-order valence-electron chi connectivity index (χ3n) is 6.57. The first-order valence-corrected chi connectivity index (χ1v) is 12.5. The molecule has 1 aliphatic carbocycles. The van der Waals surface area contributed by atoms with Gasteiger partial charge < -0.3 is 14.7 Å². The van der Waals surface area contributed by atoms with Gasteiger partial charge in [-0.1, -0.05) is 24.3 Å². The molecule has 0 saturated heterocycles. The van der Waals surface area contributed by atoms with E-state index in [1.807, 2.05) is 56.6 Å². The van der Waals surface area contributed by atoms with Gasteiger partial charge in [0.25, 0.3) is 0 Å². The lowest BCUT2D eigenvalue weighted by Crippen LogP contribution is -2.30. The number of para-hydroxylation sites is 1. The van der Waals surface area contributed by atoms with Crippen LogP contribution in [0.4, 0.5) is 34.1 Å². The Morgan fingerprint density at radius 2 is 1.56 bits per heavy atom. The molecule has 182 valence electrons. The lowest BCUT2D eigenvalue weighted by atomic mass is 9.99. The summed E-state index contributed by atoms with van der Waals surface area (Å²) in [6.07, 6.45) is 5.37. The average Bonchev–Trinajstić information content (AvgIpc) is 2.92. The standard InChI is InChI=1S/C30H32N6/c1-5-35(6-2)26-17-19-28-30(21-26)36(25-10-8-7-9-11-25)29-20-23(14-18-27(29)31-28)33-32-22-12-15-24(16-13-22)34(3)4/h7-18,20-21H,5-6,19H2,1-4H3. The van der Waals surface area contributed by atoms with E-state index >= 15 is 0 Å². The smallest absolute Gasteiger partial charge is 0.0879 e. The van der Waals surface area contributed by atoms with Crippen molar-refractivity contribution in [1.82, 2.24) is 4.90 Å². The molecule has 0 spiro atoms. The van der Waals surface area contributed by atoms with Gasteiger partial charge in [-0.3, -0.25) is 0 Å². The van der Waals surface area contributed by atoms with Crippen LogP contribution in [0, 0.1) is 0 Å². The van der Waals surface area contributed by atoms with Crippen LogP contribution < -0.4 is 9.80 Å². The van der Waals surface area contributed by atoms with Gasteiger partial charge in [0.2, 0.25) is 0 Å². The number of likely N-dealkylation sites (N-methyl/N-ethyl adjacent to an activating group) is 1. The normalized spacial score (nSPS) is 14.6. The van der Waals surface area contributed by atoms with Crippen molar-refractivity contribution in [3.8, 4) is 0 Å². The monoisotopic (exact) mass is 476 g/mol. The molecule has 0 radical (unpaired) electrons. The number of hydrogen-bond donors (Lipinski definition) is 0. The van der Waals surface area contributed by atoms with Gasteiger partial charge in [-0.2, -0.15) is 10.2 Å². The van der Waals surface area contributed by atoms with Crippen molar-refractivity contribution in [2.75, 3.05) is 37.0 Å². The van der Waals surface area contributed by atoms with E-state index < -0.39 is 0 Å². The summed E-state index contributed by atoms with van der Waals surface area (Å²) in [6, 6.07) is 24.7. The molecule has 0 aromatic heterocycles. The number of rotatable bonds is 7. The minimum Gasteiger partial charge on any atom is -0.378 e. The van der Waals surface area contributed by atoms with Gasteiger partial charge in [0, 0.05) is 50.7 Å². The highest BCUT2D eigenvalue weighted by atomic mass is 15.2. The molecular formula is C30H32N6. The molecule has 6 heteroatoms. The van der Waals surface area contributed by atoms with Crippen molar-refractivity contribution >= 4 is 39.8 Å². The fourth-order valence-corrected chi connectivity index (χ4v) is 4.60. The first kappa shape index (κ1) is 23.5. The molecule has 0 N–H and O–H groups in total. The van der Waals surface area contributed by atoms with E-state index in [0.29, 0.717) is 0 Å². The van der Waals surface area contributed by atoms with Crippen LogP contribution in [0.5, 0.6) is 0 Å². The van der Waals surface area contributed by atoms with E-state index in [2.05, 4.69) is 81.3 Å². The fraction of sp³-hybridized carbons (Fsp3) is 0.233. The maximum atomic E-state index is 5.04. The van der Waals surface area contributed by atoms with Gasteiger partial charge in [-0.15, -0.1) is 0 Å². The summed E-state index contributed by atoms with van der Waals surface area (Å²) in [5, 5.41) is 9.04. The fourth-order valence-electron chi connectivity index (χ4n) is 4.60. The molecule has 2 aliphatic rings. The zero-order valence-corrected chi connectivity index (χ0v) is 21.4. The molecule has 1 aliphatic heterocycles. The number of aliphatic imine (C=N–C) groups is 1. The minimum absolute atomic E-state index is 0.793. The number of nitrogens with zero attached hydrogens (tertiary/aromatic N) is 6. The van der Waals surface area contributed by atoms with Gasteiger partial charge in [0.15, 0.2) is 0 Å². The Morgan fingerprint density at radius 1 is 0.861 bits per heavy atom. The molecule has 0 atom stereocenters. The summed E-state index contributed by atoms with van der Waals surface area (Å²) >= 11 is 0. The average molecular weight is 477 g/mol. The van der Waals surface area contributed by atoms with E-state index in [4.69, 9.17) is 4.99 Å². The Hall–Kier alpha value is -4.19. The number of benzene rings is 3. The number of allylic oxidation sites excluding steroid dienone is 3. The van der Waals surface area contributed by atoms with Crippen LogP contribution in [0.1, 0.15) is 20.3 Å². The van der Waals surface area contributed by atoms with Gasteiger partial charge >= 0.3 is 0 Å². The van der Waals surface area contributed by atoms with Crippen molar-refractivity contribution in [3.05, 3.63) is 96.3 Å². The molecule has 3 aromatic carbocycles. The quantitative estimate of drug-likeness (QED) is 0.326. The van der Waals surface area contributed by atoms with Crippen molar-refractivity contribution < 1.29 is 0 Å². The minimum atomic E-state index is 0.793. The second kappa shape index (κ2) is 10.2. The van der Waals surface area contributed by atoms with Crippen LogP contribution >= 0.6 is 0 Å². The van der Waals surface area contributed by atoms with Crippen LogP contribution in [0.2, 0.25) is 0 Å². The highest BCUT2D eigenvalue weighted by molar-refractivity contribution is 6.12. The molecule has 6 nitrogen and oxygen atoms in total. The van der Waals surface area contributed by atoms with Crippen LogP contribution in [0.15, 0.2) is 112 Å². The van der Waals surface area contributed by atoms with E-state index in [1.165, 1.54) is 5.70 Å². The molecule has 1 heterocycles. The summed E-state index contributed by atoms with van der Waals surface area (Å²) in [5.74, 6) is 0. The maximum Gasteiger partial charge on any atom is 0.0879 e. The Bertz CT molecular complexity index is 1350. The number of hydrogen-bond acceptors (Lipinski definition) is 6. The largest absolute Gasteiger partial charge is 0.378 e. The summed E-state index contributed by atoms with van der Waals surface area (Å²) in [5.41, 5.74) is 9.25. The summed E-state index contributed by atoms with van der Waals surface area (Å²) in [7, 11) is 4.05. The predicted octanol–water partition coefficient (Wildman–Crippen LogP) is 7.91. The van der Waals surface area contributed by atoms with Crippen LogP contribution in [0.25, 0.3) is 0 Å². The molecule has 3 aromatic rings. The topological polar surface area (TPSA) is 46.8 Å². The first-order valence-electron chi connectivity index (χ1n) is 12.5. The lowest BCUT2D eigenvalue weighted by molar-refractivity contribution is 0.392. The second-order valence-corrected chi connectivity index (χ2v) is 9.05. The lowest BCUT2D eigenvalue weighted by Gasteiger charge is -2.36. The predicted molar refractivity (Wildman–Crippen MR) is 151 cm³/mol. The van der Waals surface area contributed by atoms with E-state index in [1.54, 1.807) is 0 Å². The zero-order chi connectivity index (χ0) is 25.1. The molecule has 0 fully saturated rings. The van der Waals surface area contributed by atoms with Crippen molar-refractivity contribution in [3.63, 3.8) is 0 Å². The third-order valence-corrected chi connectivity index (χ3v) is 6.57. The van der Waals surface area contributed by atoms with Crippen LogP contribution in [-0.2, 0) is 0 Å². The number of azo groups is 1. The highest BCUT2D eigenvalue weighted by Gasteiger charge is 2.29. The van der Waals surface area contributed by atoms with E-state index in [-0.39, 0.29) is 0 Å². The van der Waals surface area contributed by atoms with Crippen molar-refractivity contribution in [2.45, 2.75) is 20.3 Å². The molecule has 0 bridgehead atoms. The Kier molecular flexibility index (Phi) is 6.67. The summed E-state index contributed by atoms with van der Waals surface area (Å²) in [6.45, 7) is 6.34. The molecule has 36 heavy (non-hydrogen) atoms. The summed E-state index contributed by atoms with van der Waals surface area (Å²) in [4.78, 5) is 11.8. The molecule has 0 amide bonds.